The van der Waals surface area contributed by atoms with Gasteiger partial charge in [-0.25, -0.2) is 4.98 Å². The van der Waals surface area contributed by atoms with Gasteiger partial charge in [0.2, 0.25) is 0 Å². The summed E-state index contributed by atoms with van der Waals surface area (Å²) in [6.45, 7) is 0. The minimum atomic E-state index is 0.396. The molecule has 0 spiro atoms. The highest BCUT2D eigenvalue weighted by molar-refractivity contribution is 6.16. The summed E-state index contributed by atoms with van der Waals surface area (Å²) in [4.78, 5) is 4.40. The van der Waals surface area contributed by atoms with E-state index in [0.29, 0.717) is 11.8 Å². The lowest BCUT2D eigenvalue weighted by molar-refractivity contribution is 0.686. The topological polar surface area (TPSA) is 41.6 Å². The Morgan fingerprint density at radius 1 is 1.25 bits per heavy atom. The van der Waals surface area contributed by atoms with Gasteiger partial charge in [0.15, 0.2) is 5.82 Å². The van der Waals surface area contributed by atoms with E-state index in [1.54, 1.807) is 0 Å². The molecule has 2 aromatic rings. The molecule has 1 aliphatic carbocycles. The van der Waals surface area contributed by atoms with Gasteiger partial charge in [0, 0.05) is 5.92 Å². The first kappa shape index (κ1) is 9.85. The average Bonchev–Trinajstić information content (AvgIpc) is 2.95. The average molecular weight is 234 g/mol. The Hall–Kier alpha value is -1.35. The molecule has 1 aromatic heterocycles. The molecular weight excluding hydrogens is 222 g/mol. The van der Waals surface area contributed by atoms with E-state index in [4.69, 9.17) is 11.6 Å². The van der Waals surface area contributed by atoms with Gasteiger partial charge in [-0.3, -0.25) is 5.10 Å². The van der Waals surface area contributed by atoms with E-state index in [-0.39, 0.29) is 0 Å². The smallest absolute Gasteiger partial charge is 0.154 e. The molecule has 1 aliphatic rings. The van der Waals surface area contributed by atoms with Crippen LogP contribution in [0.2, 0.25) is 0 Å². The largest absolute Gasteiger partial charge is 0.262 e. The lowest BCUT2D eigenvalue weighted by atomic mass is 10.1. The van der Waals surface area contributed by atoms with Crippen LogP contribution in [0.5, 0.6) is 0 Å². The lowest BCUT2D eigenvalue weighted by Crippen LogP contribution is -2.00. The number of nitrogens with one attached hydrogen (secondary N) is 1. The molecule has 0 amide bonds. The first-order chi connectivity index (χ1) is 7.86. The third-order valence-electron chi connectivity index (χ3n) is 3.09. The Morgan fingerprint density at radius 3 is 2.50 bits per heavy atom. The van der Waals surface area contributed by atoms with Crippen LogP contribution in [0.25, 0.3) is 0 Å². The summed E-state index contributed by atoms with van der Waals surface area (Å²) in [5, 5.41) is 7.10. The first-order valence-corrected chi connectivity index (χ1v) is 5.94. The van der Waals surface area contributed by atoms with Crippen molar-refractivity contribution in [2.75, 3.05) is 0 Å². The van der Waals surface area contributed by atoms with Crippen molar-refractivity contribution in [3.8, 4) is 0 Å². The quantitative estimate of drug-likeness (QED) is 0.810. The second-order valence-corrected chi connectivity index (χ2v) is 4.42. The van der Waals surface area contributed by atoms with Gasteiger partial charge < -0.3 is 0 Å². The second-order valence-electron chi connectivity index (χ2n) is 4.15. The molecule has 0 unspecified atom stereocenters. The Balaban J connectivity index is 1.85. The molecule has 0 bridgehead atoms. The van der Waals surface area contributed by atoms with Crippen molar-refractivity contribution in [2.45, 2.75) is 24.6 Å². The van der Waals surface area contributed by atoms with Crippen LogP contribution >= 0.6 is 11.6 Å². The number of hydrogen-bond acceptors (Lipinski definition) is 2. The molecule has 16 heavy (non-hydrogen) atoms. The highest BCUT2D eigenvalue weighted by Gasteiger charge is 2.25. The summed E-state index contributed by atoms with van der Waals surface area (Å²) in [6, 6.07) is 8.54. The first-order valence-electron chi connectivity index (χ1n) is 5.40. The number of halogens is 1. The van der Waals surface area contributed by atoms with Crippen LogP contribution in [0.1, 0.15) is 28.7 Å². The van der Waals surface area contributed by atoms with E-state index in [1.165, 1.54) is 11.1 Å². The number of H-pyrrole nitrogens is 1. The molecular formula is C12H12ClN3. The third kappa shape index (κ3) is 1.61. The molecule has 3 nitrogen and oxygen atoms in total. The molecule has 0 saturated heterocycles. The van der Waals surface area contributed by atoms with Crippen LogP contribution in [0.15, 0.2) is 24.3 Å². The highest BCUT2D eigenvalue weighted by atomic mass is 35.5. The Kier molecular flexibility index (Phi) is 2.40. The molecule has 0 radical (unpaired) electrons. The molecule has 1 aromatic carbocycles. The maximum Gasteiger partial charge on any atom is 0.154 e. The van der Waals surface area contributed by atoms with Gasteiger partial charge in [0.05, 0.1) is 5.88 Å². The summed E-state index contributed by atoms with van der Waals surface area (Å²) >= 11 is 5.70. The molecule has 0 saturated carbocycles. The van der Waals surface area contributed by atoms with Gasteiger partial charge in [-0.05, 0) is 24.0 Å². The van der Waals surface area contributed by atoms with E-state index in [0.717, 1.165) is 24.5 Å². The summed E-state index contributed by atoms with van der Waals surface area (Å²) in [5.41, 5.74) is 2.84. The van der Waals surface area contributed by atoms with Crippen molar-refractivity contribution in [3.05, 3.63) is 47.0 Å². The number of nitrogens with zero attached hydrogens (tertiary/aromatic N) is 2. The van der Waals surface area contributed by atoms with Gasteiger partial charge >= 0.3 is 0 Å². The normalized spacial score (nSPS) is 15.3. The van der Waals surface area contributed by atoms with E-state index < -0.39 is 0 Å². The Morgan fingerprint density at radius 2 is 1.94 bits per heavy atom. The molecule has 3 rings (SSSR count). The lowest BCUT2D eigenvalue weighted by Gasteiger charge is -2.01. The zero-order chi connectivity index (χ0) is 11.0. The monoisotopic (exact) mass is 233 g/mol. The molecule has 4 heteroatoms. The number of fused-ring (bicyclic) bond motifs is 1. The SMILES string of the molecule is ClCc1nc(C2Cc3ccccc3C2)n[nH]1. The van der Waals surface area contributed by atoms with Crippen LogP contribution in [-0.4, -0.2) is 15.2 Å². The van der Waals surface area contributed by atoms with Crippen molar-refractivity contribution in [2.24, 2.45) is 0 Å². The van der Waals surface area contributed by atoms with Gasteiger partial charge in [0.1, 0.15) is 5.82 Å². The van der Waals surface area contributed by atoms with E-state index in [1.807, 2.05) is 0 Å². The summed E-state index contributed by atoms with van der Waals surface area (Å²) < 4.78 is 0. The predicted molar refractivity (Wildman–Crippen MR) is 62.5 cm³/mol. The fraction of sp³-hybridized carbons (Fsp3) is 0.333. The number of benzene rings is 1. The number of rotatable bonds is 2. The maximum absolute atomic E-state index is 5.70. The molecule has 1 N–H and O–H groups in total. The van der Waals surface area contributed by atoms with Gasteiger partial charge in [-0.1, -0.05) is 24.3 Å². The predicted octanol–water partition coefficient (Wildman–Crippen LogP) is 2.43. The Labute approximate surface area is 98.9 Å². The highest BCUT2D eigenvalue weighted by Crippen LogP contribution is 2.31. The molecule has 0 aliphatic heterocycles. The van der Waals surface area contributed by atoms with Gasteiger partial charge in [0.25, 0.3) is 0 Å². The summed E-state index contributed by atoms with van der Waals surface area (Å²) in [5.74, 6) is 2.46. The van der Waals surface area contributed by atoms with E-state index in [9.17, 15) is 0 Å². The summed E-state index contributed by atoms with van der Waals surface area (Å²) in [6.07, 6.45) is 2.07. The van der Waals surface area contributed by atoms with Crippen molar-refractivity contribution in [1.82, 2.24) is 15.2 Å². The minimum Gasteiger partial charge on any atom is -0.262 e. The van der Waals surface area contributed by atoms with Crippen LogP contribution in [-0.2, 0) is 18.7 Å². The number of aromatic amines is 1. The minimum absolute atomic E-state index is 0.396. The molecule has 82 valence electrons. The van der Waals surface area contributed by atoms with E-state index >= 15 is 0 Å². The van der Waals surface area contributed by atoms with Crippen LogP contribution in [0.4, 0.5) is 0 Å². The zero-order valence-corrected chi connectivity index (χ0v) is 9.54. The molecule has 0 atom stereocenters. The van der Waals surface area contributed by atoms with Crippen LogP contribution in [0.3, 0.4) is 0 Å². The third-order valence-corrected chi connectivity index (χ3v) is 3.34. The standard InChI is InChI=1S/C12H12ClN3/c13-7-11-14-12(16-15-11)10-5-8-3-1-2-4-9(8)6-10/h1-4,10H,5-7H2,(H,14,15,16). The number of alkyl halides is 1. The Bertz CT molecular complexity index is 481. The maximum atomic E-state index is 5.70. The zero-order valence-electron chi connectivity index (χ0n) is 8.78. The molecule has 1 heterocycles. The van der Waals surface area contributed by atoms with Gasteiger partial charge in [-0.2, -0.15) is 5.10 Å². The summed E-state index contributed by atoms with van der Waals surface area (Å²) in [7, 11) is 0. The van der Waals surface area contributed by atoms with E-state index in [2.05, 4.69) is 39.4 Å². The fourth-order valence-corrected chi connectivity index (χ4v) is 2.41. The number of hydrogen-bond donors (Lipinski definition) is 1. The van der Waals surface area contributed by atoms with Crippen LogP contribution in [0, 0.1) is 0 Å². The number of aromatic nitrogens is 3. The van der Waals surface area contributed by atoms with Crippen molar-refractivity contribution in [1.29, 1.82) is 0 Å². The second kappa shape index (κ2) is 3.91. The van der Waals surface area contributed by atoms with Crippen molar-refractivity contribution < 1.29 is 0 Å². The fourth-order valence-electron chi connectivity index (χ4n) is 2.29. The van der Waals surface area contributed by atoms with Crippen LogP contribution < -0.4 is 0 Å². The van der Waals surface area contributed by atoms with Crippen molar-refractivity contribution >= 4 is 11.6 Å². The van der Waals surface area contributed by atoms with Crippen molar-refractivity contribution in [3.63, 3.8) is 0 Å². The molecule has 0 fully saturated rings. The van der Waals surface area contributed by atoms with Gasteiger partial charge in [-0.15, -0.1) is 11.6 Å².